The minimum atomic E-state index is -0.866. The molecule has 1 saturated carbocycles. The van der Waals surface area contributed by atoms with E-state index in [-0.39, 0.29) is 17.9 Å². The molecule has 0 bridgehead atoms. The summed E-state index contributed by atoms with van der Waals surface area (Å²) < 4.78 is 5.35. The molecule has 7 heteroatoms. The predicted octanol–water partition coefficient (Wildman–Crippen LogP) is 3.36. The molecular formula is C20H26N2O4S. The first-order valence-corrected chi connectivity index (χ1v) is 10.5. The van der Waals surface area contributed by atoms with E-state index in [1.165, 1.54) is 6.42 Å². The first kappa shape index (κ1) is 19.7. The Bertz CT molecular complexity index is 737. The van der Waals surface area contributed by atoms with Crippen LogP contribution in [0.4, 0.5) is 5.69 Å². The summed E-state index contributed by atoms with van der Waals surface area (Å²) in [6.07, 6.45) is 3.96. The summed E-state index contributed by atoms with van der Waals surface area (Å²) >= 11 is 1.57. The monoisotopic (exact) mass is 390 g/mol. The molecule has 3 rings (SSSR count). The molecule has 1 aliphatic carbocycles. The van der Waals surface area contributed by atoms with Gasteiger partial charge in [0.25, 0.3) is 5.91 Å². The second-order valence-corrected chi connectivity index (χ2v) is 8.42. The number of carbonyl (C=O) groups is 3. The van der Waals surface area contributed by atoms with Gasteiger partial charge in [0.1, 0.15) is 0 Å². The Morgan fingerprint density at radius 2 is 2.07 bits per heavy atom. The van der Waals surface area contributed by atoms with Gasteiger partial charge in [-0.15, -0.1) is 11.8 Å². The van der Waals surface area contributed by atoms with Crippen LogP contribution < -0.4 is 10.6 Å². The molecule has 0 aromatic heterocycles. The molecule has 1 aromatic carbocycles. The molecule has 1 aromatic rings. The van der Waals surface area contributed by atoms with Crippen molar-refractivity contribution in [2.75, 3.05) is 11.1 Å². The number of amides is 2. The summed E-state index contributed by atoms with van der Waals surface area (Å²) in [7, 11) is 0. The number of fused-ring (bicyclic) bond motifs is 1. The third kappa shape index (κ3) is 5.03. The maximum atomic E-state index is 12.4. The van der Waals surface area contributed by atoms with Crippen LogP contribution in [0.25, 0.3) is 0 Å². The van der Waals surface area contributed by atoms with Gasteiger partial charge < -0.3 is 15.4 Å². The number of hydrogen-bond donors (Lipinski definition) is 2. The minimum Gasteiger partial charge on any atom is -0.449 e. The lowest BCUT2D eigenvalue weighted by molar-refractivity contribution is -0.130. The van der Waals surface area contributed by atoms with Gasteiger partial charge in [-0.25, -0.2) is 4.79 Å². The van der Waals surface area contributed by atoms with Gasteiger partial charge in [0.2, 0.25) is 5.91 Å². The highest BCUT2D eigenvalue weighted by Crippen LogP contribution is 2.31. The molecule has 1 aliphatic heterocycles. The van der Waals surface area contributed by atoms with E-state index in [9.17, 15) is 14.4 Å². The van der Waals surface area contributed by atoms with Crippen molar-refractivity contribution in [3.05, 3.63) is 23.8 Å². The van der Waals surface area contributed by atoms with Crippen molar-refractivity contribution < 1.29 is 19.1 Å². The topological polar surface area (TPSA) is 84.5 Å². The summed E-state index contributed by atoms with van der Waals surface area (Å²) in [6, 6.07) is 5.23. The van der Waals surface area contributed by atoms with Crippen LogP contribution in [-0.4, -0.2) is 35.7 Å². The fraction of sp³-hybridized carbons (Fsp3) is 0.550. The van der Waals surface area contributed by atoms with E-state index in [0.717, 1.165) is 24.2 Å². The molecule has 2 aliphatic rings. The average molecular weight is 391 g/mol. The standard InChI is InChI=1S/C20H26N2O4S/c1-12-5-3-4-6-15(12)22-19(24)13(2)26-20(25)14-7-8-17-16(11-14)21-18(23)9-10-27-17/h7-8,11-13,15H,3-6,9-10H2,1-2H3,(H,21,23)(H,22,24)/t12-,13+,15+/m0/s1. The van der Waals surface area contributed by atoms with Gasteiger partial charge in [0.05, 0.1) is 11.3 Å². The first-order valence-electron chi connectivity index (χ1n) is 9.52. The number of hydrogen-bond acceptors (Lipinski definition) is 5. The lowest BCUT2D eigenvalue weighted by atomic mass is 9.86. The third-order valence-electron chi connectivity index (χ3n) is 5.17. The van der Waals surface area contributed by atoms with Crippen molar-refractivity contribution in [2.24, 2.45) is 5.92 Å². The minimum absolute atomic E-state index is 0.0684. The second-order valence-electron chi connectivity index (χ2n) is 7.28. The van der Waals surface area contributed by atoms with Crippen LogP contribution in [-0.2, 0) is 14.3 Å². The molecule has 6 nitrogen and oxygen atoms in total. The Morgan fingerprint density at radius 3 is 2.85 bits per heavy atom. The Kier molecular flexibility index (Phi) is 6.42. The van der Waals surface area contributed by atoms with E-state index in [1.807, 2.05) is 0 Å². The summed E-state index contributed by atoms with van der Waals surface area (Å²) in [5.74, 6) is 0.248. The zero-order valence-electron chi connectivity index (χ0n) is 15.7. The van der Waals surface area contributed by atoms with Gasteiger partial charge in [-0.2, -0.15) is 0 Å². The second kappa shape index (κ2) is 8.78. The summed E-state index contributed by atoms with van der Waals surface area (Å²) in [5, 5.41) is 5.82. The smallest absolute Gasteiger partial charge is 0.338 e. The Morgan fingerprint density at radius 1 is 1.30 bits per heavy atom. The van der Waals surface area contributed by atoms with Crippen molar-refractivity contribution in [1.29, 1.82) is 0 Å². The van der Waals surface area contributed by atoms with Crippen molar-refractivity contribution in [2.45, 2.75) is 63.0 Å². The number of nitrogens with one attached hydrogen (secondary N) is 2. The molecular weight excluding hydrogens is 364 g/mol. The third-order valence-corrected chi connectivity index (χ3v) is 6.24. The van der Waals surface area contributed by atoms with E-state index < -0.39 is 12.1 Å². The number of carbonyl (C=O) groups excluding carboxylic acids is 3. The van der Waals surface area contributed by atoms with Gasteiger partial charge in [0, 0.05) is 23.1 Å². The molecule has 27 heavy (non-hydrogen) atoms. The molecule has 2 N–H and O–H groups in total. The Balaban J connectivity index is 1.61. The highest BCUT2D eigenvalue weighted by molar-refractivity contribution is 7.99. The molecule has 0 radical (unpaired) electrons. The zero-order chi connectivity index (χ0) is 19.4. The fourth-order valence-corrected chi connectivity index (χ4v) is 4.40. The van der Waals surface area contributed by atoms with Crippen LogP contribution in [0.2, 0.25) is 0 Å². The average Bonchev–Trinajstić information content (AvgIpc) is 2.83. The number of benzene rings is 1. The highest BCUT2D eigenvalue weighted by atomic mass is 32.2. The van der Waals surface area contributed by atoms with Crippen LogP contribution in [0.15, 0.2) is 23.1 Å². The van der Waals surface area contributed by atoms with Crippen LogP contribution in [0.5, 0.6) is 0 Å². The van der Waals surface area contributed by atoms with Crippen LogP contribution in [0.3, 0.4) is 0 Å². The highest BCUT2D eigenvalue weighted by Gasteiger charge is 2.27. The van der Waals surface area contributed by atoms with E-state index in [1.54, 1.807) is 36.9 Å². The Hall–Kier alpha value is -2.02. The van der Waals surface area contributed by atoms with Gasteiger partial charge >= 0.3 is 5.97 Å². The van der Waals surface area contributed by atoms with E-state index in [2.05, 4.69) is 17.6 Å². The summed E-state index contributed by atoms with van der Waals surface area (Å²) in [6.45, 7) is 3.73. The van der Waals surface area contributed by atoms with Crippen molar-refractivity contribution in [3.8, 4) is 0 Å². The molecule has 2 amide bonds. The van der Waals surface area contributed by atoms with Gasteiger partial charge in [-0.05, 0) is 43.9 Å². The molecule has 0 saturated heterocycles. The summed E-state index contributed by atoms with van der Waals surface area (Å²) in [5.41, 5.74) is 0.937. The summed E-state index contributed by atoms with van der Waals surface area (Å²) in [4.78, 5) is 37.5. The molecule has 3 atom stereocenters. The van der Waals surface area contributed by atoms with Crippen molar-refractivity contribution in [1.82, 2.24) is 5.32 Å². The predicted molar refractivity (Wildman–Crippen MR) is 105 cm³/mol. The largest absolute Gasteiger partial charge is 0.449 e. The number of esters is 1. The lowest BCUT2D eigenvalue weighted by Crippen LogP contribution is -2.45. The van der Waals surface area contributed by atoms with Crippen LogP contribution in [0, 0.1) is 5.92 Å². The lowest BCUT2D eigenvalue weighted by Gasteiger charge is -2.30. The van der Waals surface area contributed by atoms with Crippen LogP contribution >= 0.6 is 11.8 Å². The first-order chi connectivity index (χ1) is 12.9. The molecule has 0 unspecified atom stereocenters. The number of thioether (sulfide) groups is 1. The van der Waals surface area contributed by atoms with Crippen LogP contribution in [0.1, 0.15) is 56.3 Å². The van der Waals surface area contributed by atoms with Gasteiger partial charge in [-0.3, -0.25) is 9.59 Å². The fourth-order valence-electron chi connectivity index (χ4n) is 3.46. The van der Waals surface area contributed by atoms with E-state index in [4.69, 9.17) is 4.74 Å². The quantitative estimate of drug-likeness (QED) is 0.770. The molecule has 1 fully saturated rings. The number of ether oxygens (including phenoxy) is 1. The normalized spacial score (nSPS) is 23.4. The SMILES string of the molecule is C[C@@H](OC(=O)c1ccc2c(c1)NC(=O)CCS2)C(=O)N[C@@H]1CCCC[C@@H]1C. The number of rotatable bonds is 4. The van der Waals surface area contributed by atoms with Crippen molar-refractivity contribution in [3.63, 3.8) is 0 Å². The van der Waals surface area contributed by atoms with E-state index in [0.29, 0.717) is 29.3 Å². The van der Waals surface area contributed by atoms with E-state index >= 15 is 0 Å². The molecule has 1 heterocycles. The van der Waals surface area contributed by atoms with Crippen molar-refractivity contribution >= 4 is 35.2 Å². The number of anilines is 1. The maximum absolute atomic E-state index is 12.4. The van der Waals surface area contributed by atoms with Gasteiger partial charge in [-0.1, -0.05) is 19.8 Å². The molecule has 146 valence electrons. The maximum Gasteiger partial charge on any atom is 0.338 e. The van der Waals surface area contributed by atoms with Gasteiger partial charge in [0.15, 0.2) is 6.10 Å². The Labute approximate surface area is 163 Å². The zero-order valence-corrected chi connectivity index (χ0v) is 16.6. The molecule has 0 spiro atoms.